The molecule has 23 heavy (non-hydrogen) atoms. The molecule has 0 unspecified atom stereocenters. The number of aryl methyl sites for hydroxylation is 2. The molecule has 3 heteroatoms. The van der Waals surface area contributed by atoms with E-state index in [0.717, 1.165) is 11.1 Å². The van der Waals surface area contributed by atoms with Crippen LogP contribution in [0.2, 0.25) is 0 Å². The van der Waals surface area contributed by atoms with Gasteiger partial charge < -0.3 is 5.73 Å². The van der Waals surface area contributed by atoms with Gasteiger partial charge in [-0.2, -0.15) is 0 Å². The normalized spacial score (nSPS) is 10.5. The molecule has 0 aliphatic carbocycles. The fraction of sp³-hybridized carbons (Fsp3) is 0.100. The third-order valence-corrected chi connectivity index (χ3v) is 4.01. The third-order valence-electron chi connectivity index (χ3n) is 4.01. The Balaban J connectivity index is 2.19. The number of carbonyl (C=O) groups excluding carboxylic acids is 1. The van der Waals surface area contributed by atoms with E-state index in [1.807, 2.05) is 24.3 Å². The molecule has 2 aromatic carbocycles. The van der Waals surface area contributed by atoms with Crippen molar-refractivity contribution in [3.05, 3.63) is 77.6 Å². The van der Waals surface area contributed by atoms with Crippen molar-refractivity contribution >= 4 is 5.91 Å². The molecule has 3 aromatic rings. The minimum atomic E-state index is -0.514. The van der Waals surface area contributed by atoms with Crippen molar-refractivity contribution in [3.8, 4) is 22.3 Å². The van der Waals surface area contributed by atoms with E-state index in [2.05, 4.69) is 43.1 Å². The molecular formula is C20H18N2O. The molecule has 0 saturated heterocycles. The van der Waals surface area contributed by atoms with Gasteiger partial charge >= 0.3 is 0 Å². The van der Waals surface area contributed by atoms with Crippen molar-refractivity contribution in [1.82, 2.24) is 4.98 Å². The van der Waals surface area contributed by atoms with Crippen LogP contribution in [0.25, 0.3) is 22.3 Å². The van der Waals surface area contributed by atoms with Crippen molar-refractivity contribution in [1.29, 1.82) is 0 Å². The fourth-order valence-electron chi connectivity index (χ4n) is 2.82. The van der Waals surface area contributed by atoms with Crippen molar-refractivity contribution in [2.24, 2.45) is 5.73 Å². The fourth-order valence-corrected chi connectivity index (χ4v) is 2.82. The second kappa shape index (κ2) is 6.05. The standard InChI is InChI=1S/C20H18N2O/c1-13-6-3-4-8-16(13)19-14(2)7-5-9-17(19)15-10-11-18(20(21)23)22-12-15/h3-12H,1-2H3,(H2,21,23). The molecule has 0 radical (unpaired) electrons. The maximum Gasteiger partial charge on any atom is 0.267 e. The number of aromatic nitrogens is 1. The topological polar surface area (TPSA) is 56.0 Å². The van der Waals surface area contributed by atoms with Gasteiger partial charge in [-0.25, -0.2) is 0 Å². The lowest BCUT2D eigenvalue weighted by molar-refractivity contribution is 0.0995. The van der Waals surface area contributed by atoms with Gasteiger partial charge in [0, 0.05) is 11.8 Å². The van der Waals surface area contributed by atoms with Gasteiger partial charge in [-0.15, -0.1) is 0 Å². The van der Waals surface area contributed by atoms with Crippen LogP contribution in [0, 0.1) is 13.8 Å². The number of nitrogens with two attached hydrogens (primary N) is 1. The Morgan fingerprint density at radius 2 is 1.57 bits per heavy atom. The molecule has 0 aliphatic rings. The largest absolute Gasteiger partial charge is 0.364 e. The predicted molar refractivity (Wildman–Crippen MR) is 93.1 cm³/mol. The van der Waals surface area contributed by atoms with Gasteiger partial charge in [-0.3, -0.25) is 9.78 Å². The smallest absolute Gasteiger partial charge is 0.267 e. The third kappa shape index (κ3) is 2.86. The maximum absolute atomic E-state index is 11.2. The summed E-state index contributed by atoms with van der Waals surface area (Å²) >= 11 is 0. The first-order valence-corrected chi connectivity index (χ1v) is 7.50. The van der Waals surface area contributed by atoms with E-state index < -0.39 is 5.91 Å². The molecule has 3 nitrogen and oxygen atoms in total. The first kappa shape index (κ1) is 15.0. The lowest BCUT2D eigenvalue weighted by Crippen LogP contribution is -2.12. The highest BCUT2D eigenvalue weighted by Gasteiger charge is 2.12. The second-order valence-electron chi connectivity index (χ2n) is 5.61. The van der Waals surface area contributed by atoms with Gasteiger partial charge in [-0.05, 0) is 47.7 Å². The summed E-state index contributed by atoms with van der Waals surface area (Å²) in [7, 11) is 0. The molecule has 1 aromatic heterocycles. The summed E-state index contributed by atoms with van der Waals surface area (Å²) in [5.41, 5.74) is 12.4. The molecule has 0 spiro atoms. The summed E-state index contributed by atoms with van der Waals surface area (Å²) in [6, 6.07) is 18.1. The molecule has 0 fully saturated rings. The van der Waals surface area contributed by atoms with Gasteiger partial charge in [0.05, 0.1) is 0 Å². The quantitative estimate of drug-likeness (QED) is 0.790. The molecule has 0 aliphatic heterocycles. The Bertz CT molecular complexity index is 867. The number of carbonyl (C=O) groups is 1. The zero-order valence-corrected chi connectivity index (χ0v) is 13.2. The van der Waals surface area contributed by atoms with Gasteiger partial charge in [0.2, 0.25) is 0 Å². The van der Waals surface area contributed by atoms with Crippen LogP contribution in [0.4, 0.5) is 0 Å². The highest BCUT2D eigenvalue weighted by atomic mass is 16.1. The number of rotatable bonds is 3. The van der Waals surface area contributed by atoms with Gasteiger partial charge in [0.25, 0.3) is 5.91 Å². The predicted octanol–water partition coefficient (Wildman–Crippen LogP) is 4.13. The number of hydrogen-bond acceptors (Lipinski definition) is 2. The van der Waals surface area contributed by atoms with Crippen molar-refractivity contribution in [3.63, 3.8) is 0 Å². The maximum atomic E-state index is 11.2. The van der Waals surface area contributed by atoms with Crippen LogP contribution in [-0.2, 0) is 0 Å². The summed E-state index contributed by atoms with van der Waals surface area (Å²) in [4.78, 5) is 15.4. The Morgan fingerprint density at radius 1 is 0.870 bits per heavy atom. The zero-order chi connectivity index (χ0) is 16.4. The Morgan fingerprint density at radius 3 is 2.22 bits per heavy atom. The SMILES string of the molecule is Cc1ccccc1-c1c(C)cccc1-c1ccc(C(N)=O)nc1. The van der Waals surface area contributed by atoms with Crippen LogP contribution in [-0.4, -0.2) is 10.9 Å². The van der Waals surface area contributed by atoms with E-state index in [1.165, 1.54) is 22.3 Å². The Labute approximate surface area is 135 Å². The van der Waals surface area contributed by atoms with Crippen LogP contribution < -0.4 is 5.73 Å². The number of primary amides is 1. The number of benzene rings is 2. The first-order valence-electron chi connectivity index (χ1n) is 7.50. The molecule has 2 N–H and O–H groups in total. The molecule has 3 rings (SSSR count). The average Bonchev–Trinajstić information content (AvgIpc) is 2.56. The summed E-state index contributed by atoms with van der Waals surface area (Å²) in [6.07, 6.45) is 1.70. The number of amides is 1. The summed E-state index contributed by atoms with van der Waals surface area (Å²) in [5.74, 6) is -0.514. The van der Waals surface area contributed by atoms with Gasteiger partial charge in [-0.1, -0.05) is 48.5 Å². The average molecular weight is 302 g/mol. The van der Waals surface area contributed by atoms with E-state index in [1.54, 1.807) is 12.3 Å². The molecule has 0 atom stereocenters. The molecule has 114 valence electrons. The van der Waals surface area contributed by atoms with Crippen LogP contribution >= 0.6 is 0 Å². The molecular weight excluding hydrogens is 284 g/mol. The Kier molecular flexibility index (Phi) is 3.94. The minimum Gasteiger partial charge on any atom is -0.364 e. The van der Waals surface area contributed by atoms with Crippen molar-refractivity contribution < 1.29 is 4.79 Å². The molecule has 0 bridgehead atoms. The highest BCUT2D eigenvalue weighted by molar-refractivity contribution is 5.92. The second-order valence-corrected chi connectivity index (χ2v) is 5.61. The van der Waals surface area contributed by atoms with Crippen LogP contribution in [0.3, 0.4) is 0 Å². The first-order chi connectivity index (χ1) is 11.1. The van der Waals surface area contributed by atoms with E-state index in [9.17, 15) is 4.79 Å². The highest BCUT2D eigenvalue weighted by Crippen LogP contribution is 2.36. The lowest BCUT2D eigenvalue weighted by Gasteiger charge is -2.15. The molecule has 1 amide bonds. The summed E-state index contributed by atoms with van der Waals surface area (Å²) < 4.78 is 0. The van der Waals surface area contributed by atoms with Crippen molar-refractivity contribution in [2.45, 2.75) is 13.8 Å². The number of hydrogen-bond donors (Lipinski definition) is 1. The van der Waals surface area contributed by atoms with Gasteiger partial charge in [0.15, 0.2) is 0 Å². The monoisotopic (exact) mass is 302 g/mol. The summed E-state index contributed by atoms with van der Waals surface area (Å²) in [6.45, 7) is 4.22. The van der Waals surface area contributed by atoms with Crippen LogP contribution in [0.1, 0.15) is 21.6 Å². The van der Waals surface area contributed by atoms with E-state index in [4.69, 9.17) is 5.73 Å². The molecule has 0 saturated carbocycles. The van der Waals surface area contributed by atoms with E-state index >= 15 is 0 Å². The lowest BCUT2D eigenvalue weighted by atomic mass is 9.89. The van der Waals surface area contributed by atoms with Crippen LogP contribution in [0.5, 0.6) is 0 Å². The minimum absolute atomic E-state index is 0.277. The van der Waals surface area contributed by atoms with Crippen LogP contribution in [0.15, 0.2) is 60.8 Å². The number of pyridine rings is 1. The van der Waals surface area contributed by atoms with Gasteiger partial charge in [0.1, 0.15) is 5.69 Å². The zero-order valence-electron chi connectivity index (χ0n) is 13.2. The Hall–Kier alpha value is -2.94. The van der Waals surface area contributed by atoms with E-state index in [-0.39, 0.29) is 5.69 Å². The molecule has 1 heterocycles. The number of nitrogens with zero attached hydrogens (tertiary/aromatic N) is 1. The van der Waals surface area contributed by atoms with Crippen molar-refractivity contribution in [2.75, 3.05) is 0 Å². The van der Waals surface area contributed by atoms with E-state index in [0.29, 0.717) is 0 Å². The summed E-state index contributed by atoms with van der Waals surface area (Å²) in [5, 5.41) is 0.